The lowest BCUT2D eigenvalue weighted by Crippen LogP contribution is -2.65. The lowest BCUT2D eigenvalue weighted by Gasteiger charge is -2.73. The van der Waals surface area contributed by atoms with Gasteiger partial charge in [0.25, 0.3) is 0 Å². The van der Waals surface area contributed by atoms with Gasteiger partial charge in [0.05, 0.1) is 0 Å². The molecule has 1 nitrogen and oxygen atoms in total. The number of nitrogens with two attached hydrogens (primary N) is 1. The number of fused-ring (bicyclic) bond motifs is 7. The Balaban J connectivity index is 0.000000868. The second-order valence-electron chi connectivity index (χ2n) is 14.9. The average Bonchev–Trinajstić information content (AvgIpc) is 3.19. The van der Waals surface area contributed by atoms with Gasteiger partial charge in [0.1, 0.15) is 0 Å². The fraction of sp³-hybridized carbons (Fsp3) is 0.939. The second kappa shape index (κ2) is 9.22. The van der Waals surface area contributed by atoms with Crippen LogP contribution >= 0.6 is 0 Å². The van der Waals surface area contributed by atoms with E-state index >= 15 is 0 Å². The Hall–Kier alpha value is -0.300. The maximum atomic E-state index is 6.18. The van der Waals surface area contributed by atoms with Crippen LogP contribution in [0, 0.1) is 56.7 Å². The summed E-state index contributed by atoms with van der Waals surface area (Å²) >= 11 is 0. The first-order valence-corrected chi connectivity index (χ1v) is 15.3. The van der Waals surface area contributed by atoms with Crippen LogP contribution in [0.3, 0.4) is 0 Å². The lowest BCUT2D eigenvalue weighted by molar-refractivity contribution is -0.240. The first kappa shape index (κ1) is 26.8. The van der Waals surface area contributed by atoms with Crippen molar-refractivity contribution in [2.24, 2.45) is 62.4 Å². The average molecular weight is 470 g/mol. The third-order valence-corrected chi connectivity index (χ3v) is 13.9. The van der Waals surface area contributed by atoms with Gasteiger partial charge in [0.15, 0.2) is 0 Å². The Morgan fingerprint density at radius 3 is 2.15 bits per heavy atom. The van der Waals surface area contributed by atoms with Gasteiger partial charge in [-0.05, 0) is 141 Å². The molecule has 5 aliphatic carbocycles. The van der Waals surface area contributed by atoms with Crippen LogP contribution in [0.1, 0.15) is 132 Å². The summed E-state index contributed by atoms with van der Waals surface area (Å²) in [5.41, 5.74) is 9.00. The van der Waals surface area contributed by atoms with Crippen molar-refractivity contribution in [3.63, 3.8) is 0 Å². The van der Waals surface area contributed by atoms with Crippen molar-refractivity contribution in [1.82, 2.24) is 0 Å². The molecule has 196 valence electrons. The van der Waals surface area contributed by atoms with Crippen molar-refractivity contribution < 1.29 is 0 Å². The highest BCUT2D eigenvalue weighted by Crippen LogP contribution is 2.77. The van der Waals surface area contributed by atoms with E-state index in [1.165, 1.54) is 83.5 Å². The van der Waals surface area contributed by atoms with Gasteiger partial charge in [-0.15, -0.1) is 6.58 Å². The molecule has 0 saturated heterocycles. The van der Waals surface area contributed by atoms with Crippen molar-refractivity contribution >= 4 is 0 Å². The highest BCUT2D eigenvalue weighted by Gasteiger charge is 2.69. The predicted molar refractivity (Wildman–Crippen MR) is 149 cm³/mol. The van der Waals surface area contributed by atoms with E-state index in [-0.39, 0.29) is 0 Å². The van der Waals surface area contributed by atoms with Crippen LogP contribution in [-0.2, 0) is 0 Å². The maximum absolute atomic E-state index is 6.18. The molecule has 0 aromatic carbocycles. The van der Waals surface area contributed by atoms with Gasteiger partial charge in [0.2, 0.25) is 0 Å². The summed E-state index contributed by atoms with van der Waals surface area (Å²) in [4.78, 5) is 0. The molecule has 5 unspecified atom stereocenters. The fourth-order valence-electron chi connectivity index (χ4n) is 12.2. The SMILES string of the molecule is C=CC.CC[C@H]1CC[C@@]2(C)C(CC[C@]3(C)C2CCC2C4CCCC4(CCN)CC[C@]23C)C1(C)C. The van der Waals surface area contributed by atoms with Crippen LogP contribution in [0.4, 0.5) is 0 Å². The summed E-state index contributed by atoms with van der Waals surface area (Å²) in [5.74, 6) is 4.76. The minimum atomic E-state index is 0.523. The zero-order chi connectivity index (χ0) is 25.0. The van der Waals surface area contributed by atoms with Gasteiger partial charge >= 0.3 is 0 Å². The molecule has 0 amide bonds. The molecule has 2 N–H and O–H groups in total. The van der Waals surface area contributed by atoms with Crippen molar-refractivity contribution in [3.05, 3.63) is 12.7 Å². The van der Waals surface area contributed by atoms with Gasteiger partial charge in [-0.3, -0.25) is 0 Å². The molecule has 0 radical (unpaired) electrons. The molecule has 5 fully saturated rings. The molecule has 0 bridgehead atoms. The molecule has 0 spiro atoms. The molecule has 0 aromatic rings. The second-order valence-corrected chi connectivity index (χ2v) is 14.9. The van der Waals surface area contributed by atoms with E-state index in [4.69, 9.17) is 5.73 Å². The van der Waals surface area contributed by atoms with Crippen molar-refractivity contribution in [2.45, 2.75) is 132 Å². The van der Waals surface area contributed by atoms with E-state index in [1.807, 2.05) is 6.92 Å². The largest absolute Gasteiger partial charge is 0.330 e. The number of hydrogen-bond acceptors (Lipinski definition) is 1. The highest BCUT2D eigenvalue weighted by atomic mass is 14.7. The molecule has 5 aliphatic rings. The summed E-state index contributed by atoms with van der Waals surface area (Å²) in [6.07, 6.45) is 20.9. The van der Waals surface area contributed by atoms with Gasteiger partial charge in [-0.25, -0.2) is 0 Å². The third-order valence-electron chi connectivity index (χ3n) is 13.9. The fourth-order valence-corrected chi connectivity index (χ4v) is 12.2. The third kappa shape index (κ3) is 3.55. The summed E-state index contributed by atoms with van der Waals surface area (Å²) in [7, 11) is 0. The molecule has 9 atom stereocenters. The van der Waals surface area contributed by atoms with Crippen LogP contribution in [-0.4, -0.2) is 6.54 Å². The van der Waals surface area contributed by atoms with Crippen LogP contribution < -0.4 is 5.73 Å². The van der Waals surface area contributed by atoms with E-state index in [0.717, 1.165) is 36.1 Å². The van der Waals surface area contributed by atoms with Gasteiger partial charge < -0.3 is 5.73 Å². The van der Waals surface area contributed by atoms with E-state index in [9.17, 15) is 0 Å². The van der Waals surface area contributed by atoms with Crippen LogP contribution in [0.25, 0.3) is 0 Å². The maximum Gasteiger partial charge on any atom is -0.00719 e. The number of rotatable bonds is 3. The van der Waals surface area contributed by atoms with E-state index in [2.05, 4.69) is 48.1 Å². The minimum Gasteiger partial charge on any atom is -0.330 e. The first-order chi connectivity index (χ1) is 16.0. The predicted octanol–water partition coefficient (Wildman–Crippen LogP) is 9.41. The van der Waals surface area contributed by atoms with Crippen molar-refractivity contribution in [3.8, 4) is 0 Å². The molecular formula is C33H59N. The molecular weight excluding hydrogens is 410 g/mol. The summed E-state index contributed by atoms with van der Waals surface area (Å²) < 4.78 is 0. The molecule has 5 saturated carbocycles. The minimum absolute atomic E-state index is 0.523. The number of hydrogen-bond donors (Lipinski definition) is 1. The molecule has 0 aliphatic heterocycles. The van der Waals surface area contributed by atoms with E-state index in [1.54, 1.807) is 6.08 Å². The first-order valence-electron chi connectivity index (χ1n) is 15.3. The normalized spacial score (nSPS) is 51.1. The zero-order valence-electron chi connectivity index (χ0n) is 24.1. The van der Waals surface area contributed by atoms with Gasteiger partial charge in [-0.1, -0.05) is 60.5 Å². The summed E-state index contributed by atoms with van der Waals surface area (Å²) in [6, 6.07) is 0. The van der Waals surface area contributed by atoms with E-state index < -0.39 is 0 Å². The summed E-state index contributed by atoms with van der Waals surface area (Å²) in [5, 5.41) is 0. The van der Waals surface area contributed by atoms with Crippen molar-refractivity contribution in [1.29, 1.82) is 0 Å². The van der Waals surface area contributed by atoms with Crippen LogP contribution in [0.2, 0.25) is 0 Å². The Morgan fingerprint density at radius 2 is 1.50 bits per heavy atom. The Kier molecular flexibility index (Phi) is 7.25. The smallest absolute Gasteiger partial charge is 0.00719 e. The molecule has 0 heterocycles. The van der Waals surface area contributed by atoms with Crippen molar-refractivity contribution in [2.75, 3.05) is 6.54 Å². The van der Waals surface area contributed by atoms with Crippen LogP contribution in [0.15, 0.2) is 12.7 Å². The summed E-state index contributed by atoms with van der Waals surface area (Å²) in [6.45, 7) is 22.3. The molecule has 1 heteroatoms. The Bertz CT molecular complexity index is 739. The molecule has 5 rings (SSSR count). The molecule has 0 aromatic heterocycles. The standard InChI is InChI=1S/C30H53N.C3H6/c1-7-21-12-15-27(4)24(26(21,2)3)13-16-29(6)25(27)11-10-22-23-9-8-14-30(23,19-20-31)18-17-28(22,29)5;1-3-2/h21-25H,7-20,31H2,1-6H3;3H,1H2,2H3/t21-,22?,23?,24?,25?,27-,28+,29+,30?;/m0./s1. The Labute approximate surface area is 213 Å². The quantitative estimate of drug-likeness (QED) is 0.409. The van der Waals surface area contributed by atoms with Gasteiger partial charge in [-0.2, -0.15) is 0 Å². The lowest BCUT2D eigenvalue weighted by atomic mass is 9.32. The number of allylic oxidation sites excluding steroid dienone is 1. The monoisotopic (exact) mass is 469 g/mol. The zero-order valence-corrected chi connectivity index (χ0v) is 24.1. The molecule has 34 heavy (non-hydrogen) atoms. The Morgan fingerprint density at radius 1 is 0.794 bits per heavy atom. The van der Waals surface area contributed by atoms with E-state index in [0.29, 0.717) is 27.1 Å². The van der Waals surface area contributed by atoms with Gasteiger partial charge in [0, 0.05) is 0 Å². The van der Waals surface area contributed by atoms with Crippen LogP contribution in [0.5, 0.6) is 0 Å². The topological polar surface area (TPSA) is 26.0 Å². The highest BCUT2D eigenvalue weighted by molar-refractivity contribution is 5.18.